The number of aryl methyl sites for hydroxylation is 1. The average Bonchev–Trinajstić information content (AvgIpc) is 2.98. The Hall–Kier alpha value is -1.59. The maximum Gasteiger partial charge on any atom is 0.317 e. The third kappa shape index (κ3) is 3.73. The van der Waals surface area contributed by atoms with Gasteiger partial charge in [0.2, 0.25) is 0 Å². The Morgan fingerprint density at radius 1 is 1.29 bits per heavy atom. The summed E-state index contributed by atoms with van der Waals surface area (Å²) in [5.74, 6) is 0.290. The van der Waals surface area contributed by atoms with Crippen molar-refractivity contribution < 1.29 is 19.1 Å². The third-order valence-corrected chi connectivity index (χ3v) is 5.02. The number of benzene rings is 1. The fourth-order valence-electron chi connectivity index (χ4n) is 3.70. The highest BCUT2D eigenvalue weighted by Gasteiger charge is 2.35. The number of hydrogen-bond acceptors (Lipinski definition) is 5. The van der Waals surface area contributed by atoms with Crippen molar-refractivity contribution in [1.29, 1.82) is 0 Å². The second-order valence-corrected chi connectivity index (χ2v) is 6.35. The van der Waals surface area contributed by atoms with Crippen LogP contribution in [0.4, 0.5) is 0 Å². The molecule has 0 aromatic heterocycles. The molecule has 1 fully saturated rings. The normalized spacial score (nSPS) is 23.3. The number of ketones is 1. The molecule has 0 spiro atoms. The molecule has 1 heterocycles. The van der Waals surface area contributed by atoms with Crippen LogP contribution in [0.15, 0.2) is 18.2 Å². The fourth-order valence-corrected chi connectivity index (χ4v) is 3.70. The average molecular weight is 354 g/mol. The standard InChI is InChI=1S/C18H23NO4.ClH/c1-22-14-6-5-12-3-4-13(15(12)9-14)10-19-8-7-17(20)16(11-19)18(21)23-2;/h5-6,9,13,16H,3-4,7-8,10-11H2,1-2H3;1H. The number of rotatable bonds is 4. The predicted octanol–water partition coefficient (Wildman–Crippen LogP) is 2.21. The van der Waals surface area contributed by atoms with Crippen LogP contribution < -0.4 is 4.74 Å². The Bertz CT molecular complexity index is 611. The molecule has 3 rings (SSSR count). The molecule has 6 heteroatoms. The molecule has 0 bridgehead atoms. The van der Waals surface area contributed by atoms with Crippen molar-refractivity contribution in [3.63, 3.8) is 0 Å². The molecule has 1 saturated heterocycles. The number of nitrogens with zero attached hydrogens (tertiary/aromatic N) is 1. The number of piperidine rings is 1. The number of halogens is 1. The summed E-state index contributed by atoms with van der Waals surface area (Å²) in [6.07, 6.45) is 2.62. The van der Waals surface area contributed by atoms with Gasteiger partial charge in [0, 0.05) is 26.1 Å². The number of hydrogen-bond donors (Lipinski definition) is 0. The largest absolute Gasteiger partial charge is 0.497 e. The van der Waals surface area contributed by atoms with Crippen molar-refractivity contribution in [2.24, 2.45) is 5.92 Å². The minimum atomic E-state index is -0.625. The zero-order valence-corrected chi connectivity index (χ0v) is 14.9. The molecule has 1 aliphatic carbocycles. The zero-order valence-electron chi connectivity index (χ0n) is 14.1. The number of methoxy groups -OCH3 is 2. The van der Waals surface area contributed by atoms with Crippen LogP contribution in [-0.4, -0.2) is 50.5 Å². The van der Waals surface area contributed by atoms with Gasteiger partial charge >= 0.3 is 5.97 Å². The first-order valence-corrected chi connectivity index (χ1v) is 8.12. The quantitative estimate of drug-likeness (QED) is 0.613. The minimum absolute atomic E-state index is 0. The molecule has 24 heavy (non-hydrogen) atoms. The van der Waals surface area contributed by atoms with Gasteiger partial charge in [-0.3, -0.25) is 9.59 Å². The van der Waals surface area contributed by atoms with Gasteiger partial charge in [0.1, 0.15) is 17.5 Å². The van der Waals surface area contributed by atoms with E-state index in [4.69, 9.17) is 9.47 Å². The molecule has 5 nitrogen and oxygen atoms in total. The number of esters is 1. The van der Waals surface area contributed by atoms with Gasteiger partial charge in [-0.15, -0.1) is 12.4 Å². The van der Waals surface area contributed by atoms with E-state index in [1.807, 2.05) is 6.07 Å². The topological polar surface area (TPSA) is 55.8 Å². The van der Waals surface area contributed by atoms with E-state index in [9.17, 15) is 9.59 Å². The van der Waals surface area contributed by atoms with Crippen LogP contribution in [0, 0.1) is 5.92 Å². The molecule has 0 N–H and O–H groups in total. The molecule has 0 amide bonds. The number of ether oxygens (including phenoxy) is 2. The van der Waals surface area contributed by atoms with Crippen LogP contribution in [0.2, 0.25) is 0 Å². The predicted molar refractivity (Wildman–Crippen MR) is 92.9 cm³/mol. The summed E-state index contributed by atoms with van der Waals surface area (Å²) in [6.45, 7) is 2.07. The van der Waals surface area contributed by atoms with Crippen molar-refractivity contribution in [2.75, 3.05) is 33.9 Å². The number of Topliss-reactive ketones (excluding diaryl/α,β-unsaturated/α-hetero) is 1. The smallest absolute Gasteiger partial charge is 0.317 e. The summed E-state index contributed by atoms with van der Waals surface area (Å²) < 4.78 is 10.1. The fraction of sp³-hybridized carbons (Fsp3) is 0.556. The molecule has 132 valence electrons. The van der Waals surface area contributed by atoms with Crippen molar-refractivity contribution in [1.82, 2.24) is 4.90 Å². The lowest BCUT2D eigenvalue weighted by molar-refractivity contribution is -0.151. The van der Waals surface area contributed by atoms with E-state index < -0.39 is 11.9 Å². The van der Waals surface area contributed by atoms with Crippen LogP contribution in [0.1, 0.15) is 29.9 Å². The van der Waals surface area contributed by atoms with E-state index in [1.54, 1.807) is 7.11 Å². The number of likely N-dealkylation sites (tertiary alicyclic amines) is 1. The highest BCUT2D eigenvalue weighted by molar-refractivity contribution is 5.99. The second kappa shape index (κ2) is 7.99. The molecule has 1 aromatic rings. The van der Waals surface area contributed by atoms with Gasteiger partial charge in [-0.2, -0.15) is 0 Å². The molecular formula is C18H24ClNO4. The van der Waals surface area contributed by atoms with Gasteiger partial charge in [-0.25, -0.2) is 0 Å². The lowest BCUT2D eigenvalue weighted by Gasteiger charge is -2.32. The molecule has 2 aliphatic rings. The van der Waals surface area contributed by atoms with Gasteiger partial charge < -0.3 is 14.4 Å². The van der Waals surface area contributed by atoms with E-state index in [2.05, 4.69) is 17.0 Å². The SMILES string of the molecule is COC(=O)C1CN(CC2CCc3ccc(OC)cc32)CCC1=O.Cl. The first-order chi connectivity index (χ1) is 11.1. The highest BCUT2D eigenvalue weighted by atomic mass is 35.5. The summed E-state index contributed by atoms with van der Waals surface area (Å²) in [5, 5.41) is 0. The molecule has 1 aromatic carbocycles. The molecule has 1 aliphatic heterocycles. The first-order valence-electron chi connectivity index (χ1n) is 8.12. The number of carbonyl (C=O) groups excluding carboxylic acids is 2. The number of fused-ring (bicyclic) bond motifs is 1. The van der Waals surface area contributed by atoms with Gasteiger partial charge in [-0.05, 0) is 42.0 Å². The van der Waals surface area contributed by atoms with Crippen molar-refractivity contribution >= 4 is 24.2 Å². The Morgan fingerprint density at radius 3 is 2.79 bits per heavy atom. The van der Waals surface area contributed by atoms with E-state index in [1.165, 1.54) is 18.2 Å². The monoisotopic (exact) mass is 353 g/mol. The van der Waals surface area contributed by atoms with E-state index in [0.29, 0.717) is 18.9 Å². The minimum Gasteiger partial charge on any atom is -0.497 e. The van der Waals surface area contributed by atoms with Gasteiger partial charge in [0.15, 0.2) is 0 Å². The van der Waals surface area contributed by atoms with Crippen LogP contribution in [0.25, 0.3) is 0 Å². The Labute approximate surface area is 148 Å². The van der Waals surface area contributed by atoms with Crippen LogP contribution in [0.3, 0.4) is 0 Å². The lowest BCUT2D eigenvalue weighted by Crippen LogP contribution is -2.45. The lowest BCUT2D eigenvalue weighted by atomic mass is 9.94. The number of carbonyl (C=O) groups is 2. The Morgan fingerprint density at radius 2 is 2.08 bits per heavy atom. The van der Waals surface area contributed by atoms with Crippen molar-refractivity contribution in [3.8, 4) is 5.75 Å². The summed E-state index contributed by atoms with van der Waals surface area (Å²) in [5.41, 5.74) is 2.73. The summed E-state index contributed by atoms with van der Waals surface area (Å²) in [4.78, 5) is 25.9. The summed E-state index contributed by atoms with van der Waals surface area (Å²) in [6, 6.07) is 6.28. The highest BCUT2D eigenvalue weighted by Crippen LogP contribution is 2.36. The van der Waals surface area contributed by atoms with E-state index >= 15 is 0 Å². The van der Waals surface area contributed by atoms with Gasteiger partial charge in [0.05, 0.1) is 14.2 Å². The molecule has 0 saturated carbocycles. The van der Waals surface area contributed by atoms with Gasteiger partial charge in [-0.1, -0.05) is 6.07 Å². The van der Waals surface area contributed by atoms with E-state index in [0.717, 1.165) is 31.7 Å². The third-order valence-electron chi connectivity index (χ3n) is 5.02. The van der Waals surface area contributed by atoms with Crippen molar-refractivity contribution in [2.45, 2.75) is 25.2 Å². The zero-order chi connectivity index (χ0) is 16.4. The Balaban J connectivity index is 0.00000208. The molecular weight excluding hydrogens is 330 g/mol. The molecule has 2 atom stereocenters. The summed E-state index contributed by atoms with van der Waals surface area (Å²) in [7, 11) is 3.02. The van der Waals surface area contributed by atoms with Crippen LogP contribution in [-0.2, 0) is 20.7 Å². The summed E-state index contributed by atoms with van der Waals surface area (Å²) >= 11 is 0. The van der Waals surface area contributed by atoms with Gasteiger partial charge in [0.25, 0.3) is 0 Å². The van der Waals surface area contributed by atoms with Crippen molar-refractivity contribution in [3.05, 3.63) is 29.3 Å². The van der Waals surface area contributed by atoms with Crippen LogP contribution >= 0.6 is 12.4 Å². The maximum absolute atomic E-state index is 11.9. The molecule has 0 radical (unpaired) electrons. The second-order valence-electron chi connectivity index (χ2n) is 6.35. The Kier molecular flexibility index (Phi) is 6.24. The molecule has 2 unspecified atom stereocenters. The first kappa shape index (κ1) is 18.7. The van der Waals surface area contributed by atoms with Crippen LogP contribution in [0.5, 0.6) is 5.75 Å². The van der Waals surface area contributed by atoms with E-state index in [-0.39, 0.29) is 18.2 Å². The maximum atomic E-state index is 11.9.